The molecule has 0 N–H and O–H groups in total. The summed E-state index contributed by atoms with van der Waals surface area (Å²) in [6.07, 6.45) is 0. The van der Waals surface area contributed by atoms with Gasteiger partial charge >= 0.3 is 0 Å². The van der Waals surface area contributed by atoms with Gasteiger partial charge in [0.25, 0.3) is 0 Å². The minimum absolute atomic E-state index is 0.479. The third-order valence-corrected chi connectivity index (χ3v) is 15.3. The molecule has 1 spiro atoms. The second-order valence-corrected chi connectivity index (χ2v) is 18.7. The maximum absolute atomic E-state index is 6.68. The Kier molecular flexibility index (Phi) is 8.02. The first-order chi connectivity index (χ1) is 34.2. The molecule has 1 aromatic heterocycles. The Hall–Kier alpha value is -8.98. The maximum Gasteiger partial charge on any atom is 0.136 e. The van der Waals surface area contributed by atoms with Crippen LogP contribution in [0.4, 0.5) is 17.1 Å². The van der Waals surface area contributed by atoms with Crippen LogP contribution < -0.4 is 4.90 Å². The molecule has 0 atom stereocenters. The van der Waals surface area contributed by atoms with Crippen LogP contribution in [0.25, 0.3) is 98.8 Å². The number of hydrogen-bond acceptors (Lipinski definition) is 2. The molecule has 2 aliphatic carbocycles. The van der Waals surface area contributed by atoms with Crippen LogP contribution in [-0.4, -0.2) is 0 Å². The van der Waals surface area contributed by atoms with Gasteiger partial charge < -0.3 is 9.32 Å². The molecule has 1 heterocycles. The topological polar surface area (TPSA) is 16.4 Å². The zero-order chi connectivity index (χ0) is 45.2. The average molecular weight is 876 g/mol. The summed E-state index contributed by atoms with van der Waals surface area (Å²) in [4.78, 5) is 2.48. The van der Waals surface area contributed by atoms with Crippen molar-refractivity contribution in [3.8, 4) is 44.5 Å². The molecule has 12 aromatic carbocycles. The van der Waals surface area contributed by atoms with E-state index in [1.807, 2.05) is 0 Å². The summed E-state index contributed by atoms with van der Waals surface area (Å²) < 4.78 is 6.68. The number of nitrogens with zero attached hydrogens (tertiary/aromatic N) is 1. The number of rotatable bonds is 5. The number of furan rings is 1. The summed E-state index contributed by atoms with van der Waals surface area (Å²) >= 11 is 0. The molecule has 2 nitrogen and oxygen atoms in total. The molecule has 0 radical (unpaired) electrons. The fourth-order valence-corrected chi connectivity index (χ4v) is 12.4. The fraction of sp³-hybridized carbons (Fsp3) is 0.0149. The average Bonchev–Trinajstić information content (AvgIpc) is 4.04. The monoisotopic (exact) mass is 875 g/mol. The van der Waals surface area contributed by atoms with E-state index < -0.39 is 5.41 Å². The fourth-order valence-electron chi connectivity index (χ4n) is 12.4. The Labute approximate surface area is 399 Å². The highest BCUT2D eigenvalue weighted by molar-refractivity contribution is 6.17. The Balaban J connectivity index is 0.973. The standard InChI is InChI=1S/C67H41NO/c1-2-17-45-40-65-58(39-44(45)16-1)66-57(25-14-30-64(66)69-65)56-22-8-12-29-63(56)68(46-34-31-43(32-35-46)49-23-13-24-50-48-18-4-3-15-42(48)33-37-51(49)50)47-36-38-55-54-21-7-11-28-61(54)67(62(55)41-47)59-26-9-5-19-52(59)53-20-6-10-27-60(53)67/h1-41H. The molecule has 15 rings (SSSR count). The molecule has 0 aliphatic heterocycles. The normalized spacial score (nSPS) is 13.0. The van der Waals surface area contributed by atoms with Crippen LogP contribution in [0.5, 0.6) is 0 Å². The van der Waals surface area contributed by atoms with E-state index in [2.05, 4.69) is 254 Å². The van der Waals surface area contributed by atoms with Crippen LogP contribution in [0.15, 0.2) is 253 Å². The highest BCUT2D eigenvalue weighted by Crippen LogP contribution is 2.63. The Morgan fingerprint density at radius 1 is 0.290 bits per heavy atom. The van der Waals surface area contributed by atoms with Crippen molar-refractivity contribution in [2.45, 2.75) is 5.41 Å². The SMILES string of the molecule is c1ccc(N(c2ccc(-c3cccc4c3ccc3ccccc34)cc2)c2ccc3c(c2)C2(c4ccccc4-c4ccccc42)c2ccccc2-3)c(-c2cccc3oc4cc5ccccc5cc4c23)c1. The van der Waals surface area contributed by atoms with Gasteiger partial charge in [0.1, 0.15) is 11.2 Å². The van der Waals surface area contributed by atoms with Crippen molar-refractivity contribution in [1.29, 1.82) is 0 Å². The number of anilines is 3. The zero-order valence-corrected chi connectivity index (χ0v) is 37.5. The lowest BCUT2D eigenvalue weighted by Crippen LogP contribution is -2.26. The predicted octanol–water partition coefficient (Wildman–Crippen LogP) is 18.2. The first-order valence-corrected chi connectivity index (χ1v) is 23.9. The molecule has 0 saturated heterocycles. The van der Waals surface area contributed by atoms with Crippen molar-refractivity contribution in [2.24, 2.45) is 0 Å². The quantitative estimate of drug-likeness (QED) is 0.160. The van der Waals surface area contributed by atoms with E-state index in [9.17, 15) is 0 Å². The lowest BCUT2D eigenvalue weighted by molar-refractivity contribution is 0.669. The van der Waals surface area contributed by atoms with E-state index in [4.69, 9.17) is 4.42 Å². The van der Waals surface area contributed by atoms with Gasteiger partial charge in [0.15, 0.2) is 0 Å². The molecular weight excluding hydrogens is 835 g/mol. The third-order valence-electron chi connectivity index (χ3n) is 15.3. The summed E-state index contributed by atoms with van der Waals surface area (Å²) in [6, 6.07) is 92.0. The minimum Gasteiger partial charge on any atom is -0.456 e. The van der Waals surface area contributed by atoms with E-state index in [1.54, 1.807) is 0 Å². The summed E-state index contributed by atoms with van der Waals surface area (Å²) in [5.41, 5.74) is 19.7. The molecule has 0 unspecified atom stereocenters. The van der Waals surface area contributed by atoms with Gasteiger partial charge in [-0.15, -0.1) is 0 Å². The Morgan fingerprint density at radius 2 is 0.841 bits per heavy atom. The maximum atomic E-state index is 6.68. The number of hydrogen-bond donors (Lipinski definition) is 0. The van der Waals surface area contributed by atoms with Crippen molar-refractivity contribution in [2.75, 3.05) is 4.90 Å². The van der Waals surface area contributed by atoms with Gasteiger partial charge in [-0.3, -0.25) is 0 Å². The minimum atomic E-state index is -0.479. The van der Waals surface area contributed by atoms with Crippen molar-refractivity contribution in [1.82, 2.24) is 0 Å². The van der Waals surface area contributed by atoms with Crippen molar-refractivity contribution in [3.05, 3.63) is 271 Å². The molecule has 2 aliphatic rings. The number of benzene rings is 12. The molecule has 69 heavy (non-hydrogen) atoms. The predicted molar refractivity (Wildman–Crippen MR) is 288 cm³/mol. The highest BCUT2D eigenvalue weighted by atomic mass is 16.3. The molecule has 0 amide bonds. The Bertz CT molecular complexity index is 4210. The van der Waals surface area contributed by atoms with Gasteiger partial charge in [-0.05, 0) is 142 Å². The first-order valence-electron chi connectivity index (χ1n) is 23.9. The summed E-state index contributed by atoms with van der Waals surface area (Å²) in [7, 11) is 0. The van der Waals surface area contributed by atoms with Crippen LogP contribution in [0.3, 0.4) is 0 Å². The van der Waals surface area contributed by atoms with Gasteiger partial charge in [0.05, 0.1) is 11.1 Å². The van der Waals surface area contributed by atoms with Crippen LogP contribution in [0, 0.1) is 0 Å². The van der Waals surface area contributed by atoms with E-state index >= 15 is 0 Å². The van der Waals surface area contributed by atoms with Crippen molar-refractivity contribution in [3.63, 3.8) is 0 Å². The second-order valence-electron chi connectivity index (χ2n) is 18.7. The lowest BCUT2D eigenvalue weighted by atomic mass is 9.70. The molecule has 2 heteroatoms. The van der Waals surface area contributed by atoms with E-state index in [-0.39, 0.29) is 0 Å². The van der Waals surface area contributed by atoms with Crippen LogP contribution >= 0.6 is 0 Å². The largest absolute Gasteiger partial charge is 0.456 e. The highest BCUT2D eigenvalue weighted by Gasteiger charge is 2.51. The smallest absolute Gasteiger partial charge is 0.136 e. The first kappa shape index (κ1) is 38.2. The third kappa shape index (κ3) is 5.37. The van der Waals surface area contributed by atoms with Crippen molar-refractivity contribution >= 4 is 71.3 Å². The van der Waals surface area contributed by atoms with E-state index in [0.717, 1.165) is 50.1 Å². The number of para-hydroxylation sites is 1. The molecule has 0 fully saturated rings. The van der Waals surface area contributed by atoms with Crippen molar-refractivity contribution < 1.29 is 4.42 Å². The summed E-state index contributed by atoms with van der Waals surface area (Å²) in [6.45, 7) is 0. The van der Waals surface area contributed by atoms with Crippen LogP contribution in [0.1, 0.15) is 22.3 Å². The molecule has 13 aromatic rings. The van der Waals surface area contributed by atoms with Crippen LogP contribution in [-0.2, 0) is 5.41 Å². The van der Waals surface area contributed by atoms with Gasteiger partial charge in [-0.2, -0.15) is 0 Å². The van der Waals surface area contributed by atoms with Gasteiger partial charge in [-0.1, -0.05) is 200 Å². The van der Waals surface area contributed by atoms with E-state index in [0.29, 0.717) is 0 Å². The van der Waals surface area contributed by atoms with E-state index in [1.165, 1.54) is 88.0 Å². The zero-order valence-electron chi connectivity index (χ0n) is 37.5. The van der Waals surface area contributed by atoms with Gasteiger partial charge in [0.2, 0.25) is 0 Å². The molecule has 320 valence electrons. The summed E-state index contributed by atoms with van der Waals surface area (Å²) in [5.74, 6) is 0. The van der Waals surface area contributed by atoms with Gasteiger partial charge in [0, 0.05) is 27.7 Å². The van der Waals surface area contributed by atoms with Gasteiger partial charge in [-0.25, -0.2) is 0 Å². The molecule has 0 saturated carbocycles. The summed E-state index contributed by atoms with van der Waals surface area (Å²) in [5, 5.41) is 9.64. The number of fused-ring (bicyclic) bond motifs is 17. The van der Waals surface area contributed by atoms with Crippen LogP contribution in [0.2, 0.25) is 0 Å². The second kappa shape index (κ2) is 14.5. The Morgan fingerprint density at radius 3 is 1.58 bits per heavy atom. The lowest BCUT2D eigenvalue weighted by Gasteiger charge is -2.32. The molecule has 0 bridgehead atoms. The molecular formula is C67H41NO.